The first-order valence-electron chi connectivity index (χ1n) is 7.33. The number of benzene rings is 1. The highest BCUT2D eigenvalue weighted by atomic mass is 16.5. The highest BCUT2D eigenvalue weighted by Gasteiger charge is 2.19. The summed E-state index contributed by atoms with van der Waals surface area (Å²) in [5.41, 5.74) is 2.73. The zero-order valence-corrected chi connectivity index (χ0v) is 11.0. The van der Waals surface area contributed by atoms with E-state index in [4.69, 9.17) is 4.74 Å². The fourth-order valence-electron chi connectivity index (χ4n) is 2.26. The van der Waals surface area contributed by atoms with Gasteiger partial charge in [-0.2, -0.15) is 0 Å². The third-order valence-electron chi connectivity index (χ3n) is 3.98. The molecule has 0 aliphatic heterocycles. The van der Waals surface area contributed by atoms with Crippen LogP contribution in [0, 0.1) is 0 Å². The minimum atomic E-state index is 0.535. The van der Waals surface area contributed by atoms with Gasteiger partial charge in [-0.05, 0) is 56.2 Å². The average molecular weight is 245 g/mol. The Hall–Kier alpha value is -0.860. The van der Waals surface area contributed by atoms with Crippen LogP contribution in [0.5, 0.6) is 0 Å². The summed E-state index contributed by atoms with van der Waals surface area (Å²) in [4.78, 5) is 0. The Kier molecular flexibility index (Phi) is 3.96. The summed E-state index contributed by atoms with van der Waals surface area (Å²) in [6.07, 6.45) is 8.27. The second-order valence-corrected chi connectivity index (χ2v) is 5.66. The molecule has 2 aliphatic carbocycles. The number of hydrogen-bond acceptors (Lipinski definition) is 2. The van der Waals surface area contributed by atoms with E-state index in [1.54, 1.807) is 0 Å². The summed E-state index contributed by atoms with van der Waals surface area (Å²) in [5, 5.41) is 3.55. The molecule has 0 unspecified atom stereocenters. The van der Waals surface area contributed by atoms with Crippen molar-refractivity contribution >= 4 is 0 Å². The largest absolute Gasteiger partial charge is 0.374 e. The van der Waals surface area contributed by atoms with Crippen molar-refractivity contribution in [2.75, 3.05) is 6.54 Å². The molecular formula is C16H23NO. The van der Waals surface area contributed by atoms with Crippen molar-refractivity contribution in [1.82, 2.24) is 5.32 Å². The molecule has 2 nitrogen and oxygen atoms in total. The minimum Gasteiger partial charge on any atom is -0.374 e. The van der Waals surface area contributed by atoms with E-state index in [0.29, 0.717) is 6.10 Å². The molecule has 0 spiro atoms. The van der Waals surface area contributed by atoms with Gasteiger partial charge in [-0.25, -0.2) is 0 Å². The molecule has 2 saturated carbocycles. The molecule has 0 bridgehead atoms. The van der Waals surface area contributed by atoms with Gasteiger partial charge in [0.2, 0.25) is 0 Å². The van der Waals surface area contributed by atoms with Gasteiger partial charge in [0.25, 0.3) is 0 Å². The molecule has 2 aliphatic rings. The molecule has 98 valence electrons. The van der Waals surface area contributed by atoms with Crippen molar-refractivity contribution < 1.29 is 4.74 Å². The Balaban J connectivity index is 1.39. The topological polar surface area (TPSA) is 21.3 Å². The highest BCUT2D eigenvalue weighted by Crippen LogP contribution is 2.23. The molecule has 1 N–H and O–H groups in total. The van der Waals surface area contributed by atoms with Crippen LogP contribution in [-0.2, 0) is 17.8 Å². The van der Waals surface area contributed by atoms with Gasteiger partial charge in [-0.1, -0.05) is 24.3 Å². The van der Waals surface area contributed by atoms with Crippen molar-refractivity contribution in [2.45, 2.75) is 57.3 Å². The van der Waals surface area contributed by atoms with Crippen molar-refractivity contribution in [1.29, 1.82) is 0 Å². The first-order chi connectivity index (χ1) is 8.90. The van der Waals surface area contributed by atoms with Crippen molar-refractivity contribution in [3.63, 3.8) is 0 Å². The van der Waals surface area contributed by atoms with E-state index in [2.05, 4.69) is 29.6 Å². The van der Waals surface area contributed by atoms with Gasteiger partial charge in [0.05, 0.1) is 12.7 Å². The van der Waals surface area contributed by atoms with E-state index in [0.717, 1.165) is 25.6 Å². The van der Waals surface area contributed by atoms with Gasteiger partial charge < -0.3 is 10.1 Å². The lowest BCUT2D eigenvalue weighted by atomic mass is 9.96. The summed E-state index contributed by atoms with van der Waals surface area (Å²) in [5.74, 6) is 0. The van der Waals surface area contributed by atoms with Gasteiger partial charge >= 0.3 is 0 Å². The molecule has 3 rings (SSSR count). The van der Waals surface area contributed by atoms with Gasteiger partial charge in [-0.3, -0.25) is 0 Å². The SMILES string of the molecule is c1cc(COC2CCC2)ccc1CCNC1CC1. The number of rotatable bonds is 7. The summed E-state index contributed by atoms with van der Waals surface area (Å²) in [7, 11) is 0. The van der Waals surface area contributed by atoms with Crippen LogP contribution < -0.4 is 5.32 Å². The van der Waals surface area contributed by atoms with Crippen LogP contribution in [0.25, 0.3) is 0 Å². The molecule has 1 aromatic rings. The second-order valence-electron chi connectivity index (χ2n) is 5.66. The Bertz CT molecular complexity index is 365. The van der Waals surface area contributed by atoms with Gasteiger partial charge in [-0.15, -0.1) is 0 Å². The molecule has 0 saturated heterocycles. The predicted molar refractivity (Wildman–Crippen MR) is 73.6 cm³/mol. The van der Waals surface area contributed by atoms with Crippen LogP contribution in [0.3, 0.4) is 0 Å². The maximum atomic E-state index is 5.81. The zero-order chi connectivity index (χ0) is 12.2. The molecular weight excluding hydrogens is 222 g/mol. The van der Waals surface area contributed by atoms with Crippen molar-refractivity contribution in [3.8, 4) is 0 Å². The Labute approximate surface area is 110 Å². The van der Waals surface area contributed by atoms with Gasteiger partial charge in [0.15, 0.2) is 0 Å². The van der Waals surface area contributed by atoms with E-state index in [9.17, 15) is 0 Å². The molecule has 18 heavy (non-hydrogen) atoms. The first-order valence-corrected chi connectivity index (χ1v) is 7.33. The molecule has 2 fully saturated rings. The Morgan fingerprint density at radius 1 is 1.00 bits per heavy atom. The molecule has 0 amide bonds. The van der Waals surface area contributed by atoms with Crippen molar-refractivity contribution in [2.24, 2.45) is 0 Å². The maximum absolute atomic E-state index is 5.81. The van der Waals surface area contributed by atoms with Crippen LogP contribution in [0.4, 0.5) is 0 Å². The highest BCUT2D eigenvalue weighted by molar-refractivity contribution is 5.22. The lowest BCUT2D eigenvalue weighted by Gasteiger charge is -2.25. The third kappa shape index (κ3) is 3.56. The van der Waals surface area contributed by atoms with Crippen LogP contribution in [0.2, 0.25) is 0 Å². The van der Waals surface area contributed by atoms with Crippen LogP contribution in [0.1, 0.15) is 43.2 Å². The minimum absolute atomic E-state index is 0.535. The third-order valence-corrected chi connectivity index (χ3v) is 3.98. The van der Waals surface area contributed by atoms with Crippen molar-refractivity contribution in [3.05, 3.63) is 35.4 Å². The fraction of sp³-hybridized carbons (Fsp3) is 0.625. The summed E-state index contributed by atoms with van der Waals surface area (Å²) >= 11 is 0. The summed E-state index contributed by atoms with van der Waals surface area (Å²) in [6.45, 7) is 1.90. The van der Waals surface area contributed by atoms with E-state index >= 15 is 0 Å². The van der Waals surface area contributed by atoms with E-state index in [-0.39, 0.29) is 0 Å². The number of ether oxygens (including phenoxy) is 1. The molecule has 0 atom stereocenters. The zero-order valence-electron chi connectivity index (χ0n) is 11.0. The van der Waals surface area contributed by atoms with Crippen LogP contribution in [-0.4, -0.2) is 18.7 Å². The molecule has 0 heterocycles. The monoisotopic (exact) mass is 245 g/mol. The van der Waals surface area contributed by atoms with E-state index in [1.807, 2.05) is 0 Å². The van der Waals surface area contributed by atoms with Crippen LogP contribution in [0.15, 0.2) is 24.3 Å². The smallest absolute Gasteiger partial charge is 0.0720 e. The van der Waals surface area contributed by atoms with Crippen LogP contribution >= 0.6 is 0 Å². The lowest BCUT2D eigenvalue weighted by molar-refractivity contribution is -0.00866. The molecule has 2 heteroatoms. The molecule has 0 radical (unpaired) electrons. The maximum Gasteiger partial charge on any atom is 0.0720 e. The second kappa shape index (κ2) is 5.85. The lowest BCUT2D eigenvalue weighted by Crippen LogP contribution is -2.21. The van der Waals surface area contributed by atoms with E-state index < -0.39 is 0 Å². The summed E-state index contributed by atoms with van der Waals surface area (Å²) < 4.78 is 5.81. The quantitative estimate of drug-likeness (QED) is 0.797. The Morgan fingerprint density at radius 2 is 1.72 bits per heavy atom. The number of nitrogens with one attached hydrogen (secondary N) is 1. The predicted octanol–water partition coefficient (Wildman–Crippen LogP) is 3.05. The fourth-order valence-corrected chi connectivity index (χ4v) is 2.26. The van der Waals surface area contributed by atoms with Gasteiger partial charge in [0.1, 0.15) is 0 Å². The number of hydrogen-bond donors (Lipinski definition) is 1. The van der Waals surface area contributed by atoms with E-state index in [1.165, 1.54) is 43.2 Å². The molecule has 0 aromatic heterocycles. The average Bonchev–Trinajstić information content (AvgIpc) is 3.13. The normalized spacial score (nSPS) is 19.8. The summed E-state index contributed by atoms with van der Waals surface area (Å²) in [6, 6.07) is 9.73. The first kappa shape index (κ1) is 12.2. The Morgan fingerprint density at radius 3 is 2.33 bits per heavy atom. The standard InChI is InChI=1S/C16H23NO/c1-2-16(3-1)18-12-14-6-4-13(5-7-14)10-11-17-15-8-9-15/h4-7,15-17H,1-3,8-12H2. The van der Waals surface area contributed by atoms with Gasteiger partial charge in [0, 0.05) is 6.04 Å². The molecule has 1 aromatic carbocycles.